The van der Waals surface area contributed by atoms with Gasteiger partial charge in [-0.25, -0.2) is 0 Å². The van der Waals surface area contributed by atoms with Crippen molar-refractivity contribution >= 4 is 5.97 Å². The van der Waals surface area contributed by atoms with Crippen LogP contribution in [0.2, 0.25) is 0 Å². The van der Waals surface area contributed by atoms with Gasteiger partial charge in [-0.3, -0.25) is 4.79 Å². The van der Waals surface area contributed by atoms with Crippen molar-refractivity contribution in [3.63, 3.8) is 0 Å². The normalized spacial score (nSPS) is 11.4. The van der Waals surface area contributed by atoms with E-state index in [2.05, 4.69) is 41.2 Å². The first-order valence-corrected chi connectivity index (χ1v) is 53.1. The molecule has 6 heteroatoms. The number of hydrogen-bond acceptors (Lipinski definition) is 5. The van der Waals surface area contributed by atoms with Crippen LogP contribution in [0.15, 0.2) is 12.7 Å². The fourth-order valence-corrected chi connectivity index (χ4v) is 16.2. The molecule has 0 spiro atoms. The molecule has 0 amide bonds. The summed E-state index contributed by atoms with van der Waals surface area (Å²) in [4.78, 5) is 10.2. The Morgan fingerprint density at radius 2 is 0.354 bits per heavy atom. The molecule has 0 fully saturated rings. The van der Waals surface area contributed by atoms with E-state index in [9.17, 15) is 4.79 Å². The first-order chi connectivity index (χ1) is 55.9. The summed E-state index contributed by atoms with van der Waals surface area (Å²) in [6, 6.07) is 0. The highest BCUT2D eigenvalue weighted by atomic mass is 16.4. The zero-order valence-electron chi connectivity index (χ0n) is 79.3. The molecule has 0 radical (unpaired) electrons. The van der Waals surface area contributed by atoms with Crippen LogP contribution in [0.3, 0.4) is 0 Å². The van der Waals surface area contributed by atoms with Crippen LogP contribution >= 0.6 is 0 Å². The first-order valence-electron chi connectivity index (χ1n) is 53.1. The van der Waals surface area contributed by atoms with Gasteiger partial charge in [0.05, 0.1) is 0 Å². The summed E-state index contributed by atoms with van der Waals surface area (Å²) < 4.78 is 0. The second-order valence-corrected chi connectivity index (χ2v) is 36.0. The molecule has 0 aromatic rings. The molecule has 0 saturated carbocycles. The third-order valence-corrected chi connectivity index (χ3v) is 24.4. The molecule has 0 saturated heterocycles. The summed E-state index contributed by atoms with van der Waals surface area (Å²) in [6.07, 6.45) is 132. The highest BCUT2D eigenvalue weighted by molar-refractivity contribution is 5.66. The van der Waals surface area contributed by atoms with Gasteiger partial charge in [-0.1, -0.05) is 593 Å². The van der Waals surface area contributed by atoms with Crippen LogP contribution in [-0.2, 0) is 4.79 Å². The predicted octanol–water partition coefficient (Wildman–Crippen LogP) is 37.6. The van der Waals surface area contributed by atoms with Gasteiger partial charge in [0.15, 0.2) is 0 Å². The second kappa shape index (κ2) is 124. The Hall–Kier alpha value is -0.950. The van der Waals surface area contributed by atoms with Crippen molar-refractivity contribution in [1.82, 2.24) is 0 Å². The quantitative estimate of drug-likeness (QED) is 0.0306. The van der Waals surface area contributed by atoms with Gasteiger partial charge >= 0.3 is 5.97 Å². The van der Waals surface area contributed by atoms with Gasteiger partial charge < -0.3 is 25.5 Å². The monoisotopic (exact) mass is 1600 g/mol. The Balaban J connectivity index is -0.000000455. The van der Waals surface area contributed by atoms with E-state index in [0.717, 1.165) is 44.9 Å². The van der Waals surface area contributed by atoms with Crippen LogP contribution in [0.25, 0.3) is 0 Å². The summed E-state index contributed by atoms with van der Waals surface area (Å²) >= 11 is 0. The molecule has 1 unspecified atom stereocenters. The van der Waals surface area contributed by atoms with Crippen LogP contribution in [0.1, 0.15) is 638 Å². The molecule has 684 valence electrons. The predicted molar refractivity (Wildman–Crippen MR) is 512 cm³/mol. The lowest BCUT2D eigenvalue weighted by molar-refractivity contribution is -0.137. The minimum Gasteiger partial charge on any atom is -0.481 e. The van der Waals surface area contributed by atoms with Crippen molar-refractivity contribution in [2.24, 2.45) is 5.92 Å². The molecular formula is C107H220O6. The van der Waals surface area contributed by atoms with E-state index in [1.165, 1.54) is 552 Å². The zero-order valence-corrected chi connectivity index (χ0v) is 79.3. The molecule has 0 aromatic carbocycles. The Morgan fingerprint density at radius 3 is 0.478 bits per heavy atom. The molecule has 1 atom stereocenters. The molecule has 113 heavy (non-hydrogen) atoms. The standard InChI is InChI=1S/C32H66O.C29H60O.C27H56O.C11H20O2.C8H18O/c1-2-3-4-5-6-7-8-9-10-11-12-13-14-15-16-17-18-19-20-21-22-23-24-25-26-27-28-29-30-31-32-33;1-2-3-4-5-6-7-8-9-10-11-12-13-14-15-16-17-18-19-20-21-22-23-24-25-26-27-28-29-30;1-2-3-4-5-6-7-8-9-10-11-12-13-14-15-16-17-18-19-20-21-22-23-24-25-26-27-28;1-2-3-4-5-6-7-8-9-10-11(12)13;1-3-5-6-8(4-2)7-9/h33H,2-32H2,1H3;30H,2-29H2,1H3;28H,2-27H2,1H3;2H,1,3-10H2,(H,12,13);8-9H,3-7H2,1-2H3. The Bertz CT molecular complexity index is 1430. The maximum atomic E-state index is 10.2. The van der Waals surface area contributed by atoms with Gasteiger partial charge in [-0.2, -0.15) is 0 Å². The summed E-state index contributed by atoms with van der Waals surface area (Å²) in [7, 11) is 0. The number of aliphatic hydroxyl groups is 4. The number of aliphatic hydroxyl groups excluding tert-OH is 4. The molecule has 0 heterocycles. The Morgan fingerprint density at radius 1 is 0.212 bits per heavy atom. The van der Waals surface area contributed by atoms with Gasteiger partial charge in [-0.15, -0.1) is 6.58 Å². The number of rotatable bonds is 96. The smallest absolute Gasteiger partial charge is 0.303 e. The lowest BCUT2D eigenvalue weighted by atomic mass is 10.0. The summed E-state index contributed by atoms with van der Waals surface area (Å²) in [5, 5.41) is 43.4. The van der Waals surface area contributed by atoms with E-state index in [1.807, 2.05) is 6.08 Å². The molecule has 0 aliphatic carbocycles. The number of carboxylic acids is 1. The highest BCUT2D eigenvalue weighted by Gasteiger charge is 2.05. The van der Waals surface area contributed by atoms with Crippen molar-refractivity contribution in [3.05, 3.63) is 12.7 Å². The van der Waals surface area contributed by atoms with E-state index >= 15 is 0 Å². The van der Waals surface area contributed by atoms with Crippen LogP contribution in [-0.4, -0.2) is 57.9 Å². The van der Waals surface area contributed by atoms with Gasteiger partial charge in [0, 0.05) is 32.8 Å². The molecule has 0 aliphatic heterocycles. The zero-order chi connectivity index (χ0) is 83.2. The third-order valence-electron chi connectivity index (χ3n) is 24.4. The van der Waals surface area contributed by atoms with Crippen LogP contribution in [0.4, 0.5) is 0 Å². The highest BCUT2D eigenvalue weighted by Crippen LogP contribution is 2.22. The lowest BCUT2D eigenvalue weighted by Gasteiger charge is -2.08. The average molecular weight is 1600 g/mol. The molecular weight excluding hydrogens is 1380 g/mol. The van der Waals surface area contributed by atoms with Crippen molar-refractivity contribution in [3.8, 4) is 0 Å². The topological polar surface area (TPSA) is 118 Å². The minimum atomic E-state index is -0.674. The number of unbranched alkanes of at least 4 members (excludes halogenated alkanes) is 86. The van der Waals surface area contributed by atoms with Crippen molar-refractivity contribution < 1.29 is 30.3 Å². The van der Waals surface area contributed by atoms with E-state index in [-0.39, 0.29) is 0 Å². The fourth-order valence-electron chi connectivity index (χ4n) is 16.2. The Kier molecular flexibility index (Phi) is 133. The number of carbonyl (C=O) groups is 1. The maximum absolute atomic E-state index is 10.2. The summed E-state index contributed by atoms with van der Waals surface area (Å²) in [5.74, 6) is -0.114. The van der Waals surface area contributed by atoms with Gasteiger partial charge in [0.1, 0.15) is 0 Å². The van der Waals surface area contributed by atoms with Crippen molar-refractivity contribution in [1.29, 1.82) is 0 Å². The average Bonchev–Trinajstić information content (AvgIpc) is 2.04. The van der Waals surface area contributed by atoms with Gasteiger partial charge in [0.25, 0.3) is 0 Å². The van der Waals surface area contributed by atoms with Crippen LogP contribution < -0.4 is 0 Å². The van der Waals surface area contributed by atoms with E-state index < -0.39 is 5.97 Å². The van der Waals surface area contributed by atoms with Gasteiger partial charge in [0.2, 0.25) is 0 Å². The van der Waals surface area contributed by atoms with Crippen LogP contribution in [0, 0.1) is 5.92 Å². The maximum Gasteiger partial charge on any atom is 0.303 e. The summed E-state index contributed by atoms with van der Waals surface area (Å²) in [6.45, 7) is 16.4. The fraction of sp³-hybridized carbons (Fsp3) is 0.972. The molecule has 0 aromatic heterocycles. The van der Waals surface area contributed by atoms with Crippen molar-refractivity contribution in [2.45, 2.75) is 638 Å². The van der Waals surface area contributed by atoms with Gasteiger partial charge in [-0.05, 0) is 50.9 Å². The van der Waals surface area contributed by atoms with E-state index in [0.29, 0.717) is 38.8 Å². The first kappa shape index (κ1) is 121. The van der Waals surface area contributed by atoms with E-state index in [1.54, 1.807) is 0 Å². The second-order valence-electron chi connectivity index (χ2n) is 36.0. The molecule has 0 rings (SSSR count). The molecule has 6 nitrogen and oxygen atoms in total. The Labute approximate surface area is 715 Å². The molecule has 0 aliphatic rings. The lowest BCUT2D eigenvalue weighted by Crippen LogP contribution is -2.03. The number of allylic oxidation sites excluding steroid dienone is 1. The minimum absolute atomic E-state index is 0.326. The largest absolute Gasteiger partial charge is 0.481 e. The SMILES string of the molecule is C=CCCCCCCCCC(=O)O.CCCCC(CC)CO.CCCCCCCCCCCCCCCCCCCCCCCCCCCCCCCCO.CCCCCCCCCCCCCCCCCCCCCCCCCCCCCO.CCCCCCCCCCCCCCCCCCCCCCCCCCCO. The molecule has 0 bridgehead atoms. The molecule has 5 N–H and O–H groups in total. The summed E-state index contributed by atoms with van der Waals surface area (Å²) in [5.41, 5.74) is 0. The third kappa shape index (κ3) is 135. The van der Waals surface area contributed by atoms with Crippen molar-refractivity contribution in [2.75, 3.05) is 26.4 Å². The number of hydrogen-bond donors (Lipinski definition) is 5. The number of carboxylic acid groups (broad SMARTS) is 1. The number of aliphatic carboxylic acids is 1. The van der Waals surface area contributed by atoms with E-state index in [4.69, 9.17) is 25.5 Å². The van der Waals surface area contributed by atoms with Crippen LogP contribution in [0.5, 0.6) is 0 Å².